The predicted octanol–water partition coefficient (Wildman–Crippen LogP) is 4.10. The third kappa shape index (κ3) is 9.18. The molecule has 1 rings (SSSR count). The summed E-state index contributed by atoms with van der Waals surface area (Å²) in [5.74, 6) is 0. The largest absolute Gasteiger partial charge is 0.370 e. The van der Waals surface area contributed by atoms with E-state index in [-0.39, 0.29) is 0 Å². The van der Waals surface area contributed by atoms with E-state index in [9.17, 15) is 0 Å². The quantitative estimate of drug-likeness (QED) is 0.174. The van der Waals surface area contributed by atoms with Crippen LogP contribution in [0.4, 0.5) is 5.69 Å². The zero-order chi connectivity index (χ0) is 16.8. The van der Waals surface area contributed by atoms with Gasteiger partial charge in [-0.25, -0.2) is 0 Å². The highest BCUT2D eigenvalue weighted by Gasteiger charge is 2.01. The lowest BCUT2D eigenvalue weighted by atomic mass is 10.3. The van der Waals surface area contributed by atoms with Crippen molar-refractivity contribution in [3.8, 4) is 0 Å². The van der Waals surface area contributed by atoms with Crippen LogP contribution < -0.4 is 4.72 Å². The Kier molecular flexibility index (Phi) is 9.73. The van der Waals surface area contributed by atoms with Gasteiger partial charge in [0.1, 0.15) is 0 Å². The number of nitrogens with zero attached hydrogens (tertiary/aromatic N) is 7. The molecule has 1 aromatic rings. The topological polar surface area (TPSA) is 101 Å². The second-order valence-electron chi connectivity index (χ2n) is 4.42. The summed E-state index contributed by atoms with van der Waals surface area (Å²) in [6.07, 6.45) is 5.64. The highest BCUT2D eigenvalue weighted by atomic mass is 32.2. The van der Waals surface area contributed by atoms with Gasteiger partial charge in [-0.15, -0.1) is 10.2 Å². The molecule has 0 atom stereocenters. The molecule has 0 radical (unpaired) electrons. The molecule has 0 aliphatic carbocycles. The molecule has 0 saturated carbocycles. The maximum absolute atomic E-state index is 8.35. The monoisotopic (exact) mass is 332 g/mol. The first-order chi connectivity index (χ1) is 11.3. The van der Waals surface area contributed by atoms with Gasteiger partial charge >= 0.3 is 0 Å². The molecule has 0 saturated heterocycles. The van der Waals surface area contributed by atoms with Crippen LogP contribution in [-0.4, -0.2) is 36.5 Å². The SMILES string of the molecule is CSN/C=C\N(CCN=[N+]=[N-])C/C(C)=N/N=Nc1ccccc1. The summed E-state index contributed by atoms with van der Waals surface area (Å²) >= 11 is 1.49. The molecule has 0 amide bonds. The van der Waals surface area contributed by atoms with Crippen LogP contribution in [0.1, 0.15) is 6.92 Å². The fourth-order valence-corrected chi connectivity index (χ4v) is 1.80. The molecule has 23 heavy (non-hydrogen) atoms. The first kappa shape index (κ1) is 18.5. The number of rotatable bonds is 10. The third-order valence-corrected chi connectivity index (χ3v) is 2.96. The molecule has 122 valence electrons. The van der Waals surface area contributed by atoms with Crippen LogP contribution in [0.3, 0.4) is 0 Å². The normalized spacial score (nSPS) is 11.7. The number of benzene rings is 1. The Hall–Kier alpha value is -2.51. The lowest BCUT2D eigenvalue weighted by molar-refractivity contribution is 0.435. The Balaban J connectivity index is 2.59. The molecule has 0 fully saturated rings. The van der Waals surface area contributed by atoms with Gasteiger partial charge in [-0.3, -0.25) is 0 Å². The summed E-state index contributed by atoms with van der Waals surface area (Å²) in [5, 5.41) is 15.5. The Morgan fingerprint density at radius 2 is 2.17 bits per heavy atom. The number of nitrogens with one attached hydrogen (secondary N) is 1. The van der Waals surface area contributed by atoms with Crippen molar-refractivity contribution >= 4 is 23.3 Å². The van der Waals surface area contributed by atoms with Crippen LogP contribution in [-0.2, 0) is 0 Å². The Morgan fingerprint density at radius 3 is 2.87 bits per heavy atom. The Bertz CT molecular complexity index is 578. The van der Waals surface area contributed by atoms with E-state index in [0.717, 1.165) is 11.4 Å². The van der Waals surface area contributed by atoms with Crippen LogP contribution in [0.15, 0.2) is 63.3 Å². The highest BCUT2D eigenvalue weighted by molar-refractivity contribution is 7.96. The Morgan fingerprint density at radius 1 is 1.39 bits per heavy atom. The Labute approximate surface area is 140 Å². The molecule has 0 heterocycles. The van der Waals surface area contributed by atoms with Crippen LogP contribution >= 0.6 is 11.9 Å². The van der Waals surface area contributed by atoms with Gasteiger partial charge in [0.05, 0.1) is 17.9 Å². The van der Waals surface area contributed by atoms with Gasteiger partial charge in [-0.1, -0.05) is 35.3 Å². The molecule has 0 bridgehead atoms. The van der Waals surface area contributed by atoms with E-state index in [4.69, 9.17) is 5.53 Å². The van der Waals surface area contributed by atoms with Crippen molar-refractivity contribution in [3.63, 3.8) is 0 Å². The fourth-order valence-electron chi connectivity index (χ4n) is 1.60. The average Bonchev–Trinajstić information content (AvgIpc) is 2.56. The molecule has 8 nitrogen and oxygen atoms in total. The van der Waals surface area contributed by atoms with Crippen molar-refractivity contribution in [1.82, 2.24) is 9.62 Å². The number of hydrogen-bond donors (Lipinski definition) is 1. The van der Waals surface area contributed by atoms with Gasteiger partial charge in [0.25, 0.3) is 0 Å². The predicted molar refractivity (Wildman–Crippen MR) is 95.4 cm³/mol. The minimum Gasteiger partial charge on any atom is -0.370 e. The molecular weight excluding hydrogens is 312 g/mol. The first-order valence-corrected chi connectivity index (χ1v) is 8.18. The van der Waals surface area contributed by atoms with Crippen molar-refractivity contribution in [2.75, 3.05) is 25.9 Å². The molecule has 0 unspecified atom stereocenters. The summed E-state index contributed by atoms with van der Waals surface area (Å²) in [6, 6.07) is 9.43. The molecule has 0 spiro atoms. The molecule has 1 N–H and O–H groups in total. The minimum atomic E-state index is 0.388. The van der Waals surface area contributed by atoms with Crippen molar-refractivity contribution in [2.24, 2.45) is 20.6 Å². The maximum atomic E-state index is 8.35. The van der Waals surface area contributed by atoms with Crippen molar-refractivity contribution in [3.05, 3.63) is 53.2 Å². The van der Waals surface area contributed by atoms with Gasteiger partial charge in [0, 0.05) is 36.7 Å². The van der Waals surface area contributed by atoms with Gasteiger partial charge in [0.15, 0.2) is 0 Å². The molecule has 9 heteroatoms. The molecule has 0 aromatic heterocycles. The van der Waals surface area contributed by atoms with E-state index < -0.39 is 0 Å². The van der Waals surface area contributed by atoms with Gasteiger partial charge in [0.2, 0.25) is 0 Å². The van der Waals surface area contributed by atoms with Crippen LogP contribution in [0.25, 0.3) is 10.4 Å². The minimum absolute atomic E-state index is 0.388. The molecule has 0 aliphatic heterocycles. The van der Waals surface area contributed by atoms with Gasteiger partial charge < -0.3 is 9.62 Å². The van der Waals surface area contributed by atoms with E-state index in [2.05, 4.69) is 30.2 Å². The number of hydrogen-bond acceptors (Lipinski definition) is 6. The zero-order valence-electron chi connectivity index (χ0n) is 13.2. The lowest BCUT2D eigenvalue weighted by Gasteiger charge is -2.18. The average molecular weight is 332 g/mol. The maximum Gasteiger partial charge on any atom is 0.0875 e. The number of azide groups is 1. The smallest absolute Gasteiger partial charge is 0.0875 e. The summed E-state index contributed by atoms with van der Waals surface area (Å²) < 4.78 is 3.02. The van der Waals surface area contributed by atoms with E-state index in [1.165, 1.54) is 11.9 Å². The third-order valence-electron chi connectivity index (χ3n) is 2.59. The van der Waals surface area contributed by atoms with Crippen molar-refractivity contribution in [2.45, 2.75) is 6.92 Å². The second-order valence-corrected chi connectivity index (χ2v) is 5.07. The molecular formula is C14H20N8S. The van der Waals surface area contributed by atoms with E-state index in [0.29, 0.717) is 19.6 Å². The molecule has 1 aromatic carbocycles. The van der Waals surface area contributed by atoms with E-state index >= 15 is 0 Å². The second kappa shape index (κ2) is 12.1. The van der Waals surface area contributed by atoms with E-state index in [1.807, 2.05) is 60.8 Å². The summed E-state index contributed by atoms with van der Waals surface area (Å²) in [7, 11) is 0. The summed E-state index contributed by atoms with van der Waals surface area (Å²) in [4.78, 5) is 4.74. The first-order valence-electron chi connectivity index (χ1n) is 6.95. The molecule has 0 aliphatic rings. The van der Waals surface area contributed by atoms with Gasteiger partial charge in [-0.05, 0) is 29.8 Å². The standard InChI is InChI=1S/C14H20N8S/c1-13(18-21-19-14-6-4-3-5-7-14)12-22(10-8-16-20-15)11-9-17-23-2/h3-7,9,11,17H,8,10,12H2,1-2H3/b11-9-,18-13+,21-19?. The van der Waals surface area contributed by atoms with Crippen molar-refractivity contribution in [1.29, 1.82) is 0 Å². The van der Waals surface area contributed by atoms with E-state index in [1.54, 1.807) is 0 Å². The van der Waals surface area contributed by atoms with Crippen LogP contribution in [0.5, 0.6) is 0 Å². The summed E-state index contributed by atoms with van der Waals surface area (Å²) in [5.41, 5.74) is 9.92. The summed E-state index contributed by atoms with van der Waals surface area (Å²) in [6.45, 7) is 3.43. The van der Waals surface area contributed by atoms with Crippen LogP contribution in [0.2, 0.25) is 0 Å². The lowest BCUT2D eigenvalue weighted by Crippen LogP contribution is -2.26. The fraction of sp³-hybridized carbons (Fsp3) is 0.357. The van der Waals surface area contributed by atoms with Gasteiger partial charge in [-0.2, -0.15) is 0 Å². The zero-order valence-corrected chi connectivity index (χ0v) is 14.0. The van der Waals surface area contributed by atoms with Crippen molar-refractivity contribution < 1.29 is 0 Å². The van der Waals surface area contributed by atoms with Crippen LogP contribution in [0, 0.1) is 0 Å². The highest BCUT2D eigenvalue weighted by Crippen LogP contribution is 2.10.